The molecule has 0 radical (unpaired) electrons. The van der Waals surface area contributed by atoms with Crippen molar-refractivity contribution in [2.24, 2.45) is 0 Å². The average molecular weight is 502 g/mol. The summed E-state index contributed by atoms with van der Waals surface area (Å²) in [5.74, 6) is 0. The maximum Gasteiger partial charge on any atom is 0.136 e. The van der Waals surface area contributed by atoms with Crippen LogP contribution in [0.1, 0.15) is 6.85 Å². The Morgan fingerprint density at radius 3 is 1.77 bits per heavy atom. The van der Waals surface area contributed by atoms with E-state index in [1.54, 1.807) is 6.07 Å². The van der Waals surface area contributed by atoms with Gasteiger partial charge in [-0.1, -0.05) is 127 Å². The smallest absolute Gasteiger partial charge is 0.136 e. The van der Waals surface area contributed by atoms with Crippen LogP contribution < -0.4 is 0 Å². The van der Waals surface area contributed by atoms with Crippen molar-refractivity contribution >= 4 is 43.5 Å². The van der Waals surface area contributed by atoms with Crippen LogP contribution in [-0.2, 0) is 0 Å². The van der Waals surface area contributed by atoms with Gasteiger partial charge in [-0.3, -0.25) is 0 Å². The fourth-order valence-electron chi connectivity index (χ4n) is 5.92. The summed E-state index contributed by atoms with van der Waals surface area (Å²) in [4.78, 5) is 0. The standard InChI is InChI=1S/C38H24O/c1-3-12-25(13-4-1)27-22-23-34-33(24-27)38-32(20-11-21-35(38)39-34)37-30-18-9-7-16-28(30)36(26-14-5-2-6-15-26)29-17-8-10-19-31(29)37/h1-24H/i1D,3D,4D,12D,13D. The maximum absolute atomic E-state index is 8.56. The second kappa shape index (κ2) is 8.72. The van der Waals surface area contributed by atoms with Gasteiger partial charge < -0.3 is 4.42 Å². The highest BCUT2D eigenvalue weighted by atomic mass is 16.3. The zero-order valence-electron chi connectivity index (χ0n) is 25.9. The Bertz CT molecular complexity index is 2360. The Kier molecular flexibility index (Phi) is 3.89. The summed E-state index contributed by atoms with van der Waals surface area (Å²) in [6.45, 7) is 0. The van der Waals surface area contributed by atoms with Gasteiger partial charge in [0.05, 0.1) is 6.85 Å². The molecule has 0 aliphatic rings. The number of benzene rings is 7. The number of furan rings is 1. The Morgan fingerprint density at radius 1 is 0.436 bits per heavy atom. The van der Waals surface area contributed by atoms with E-state index in [0.29, 0.717) is 11.1 Å². The van der Waals surface area contributed by atoms with Crippen molar-refractivity contribution in [3.63, 3.8) is 0 Å². The zero-order chi connectivity index (χ0) is 30.1. The van der Waals surface area contributed by atoms with Gasteiger partial charge in [0, 0.05) is 10.8 Å². The number of rotatable bonds is 3. The van der Waals surface area contributed by atoms with Crippen molar-refractivity contribution in [1.82, 2.24) is 0 Å². The number of hydrogen-bond acceptors (Lipinski definition) is 1. The van der Waals surface area contributed by atoms with E-state index in [2.05, 4.69) is 78.9 Å². The second-order valence-electron chi connectivity index (χ2n) is 9.70. The van der Waals surface area contributed by atoms with E-state index in [1.807, 2.05) is 30.3 Å². The van der Waals surface area contributed by atoms with E-state index in [4.69, 9.17) is 11.3 Å². The van der Waals surface area contributed by atoms with E-state index >= 15 is 0 Å². The van der Waals surface area contributed by atoms with Gasteiger partial charge >= 0.3 is 0 Å². The lowest BCUT2D eigenvalue weighted by Gasteiger charge is -2.18. The van der Waals surface area contributed by atoms with Crippen molar-refractivity contribution in [2.45, 2.75) is 0 Å². The van der Waals surface area contributed by atoms with Crippen LogP contribution in [-0.4, -0.2) is 0 Å². The molecule has 0 unspecified atom stereocenters. The lowest BCUT2D eigenvalue weighted by molar-refractivity contribution is 0.669. The van der Waals surface area contributed by atoms with Crippen LogP contribution in [0.25, 0.3) is 76.9 Å². The van der Waals surface area contributed by atoms with E-state index in [0.717, 1.165) is 54.6 Å². The van der Waals surface area contributed by atoms with Crippen molar-refractivity contribution < 1.29 is 11.3 Å². The fourth-order valence-corrected chi connectivity index (χ4v) is 5.92. The predicted octanol–water partition coefficient (Wildman–Crippen LogP) is 10.9. The largest absolute Gasteiger partial charge is 0.456 e. The van der Waals surface area contributed by atoms with E-state index in [9.17, 15) is 0 Å². The molecule has 1 heteroatoms. The summed E-state index contributed by atoms with van der Waals surface area (Å²) in [5.41, 5.74) is 6.54. The SMILES string of the molecule is [2H]c1c([2H])c([2H])c(-c2ccc3oc4cccc(-c5c6ccccc6c(-c6ccccc6)c6ccccc56)c4c3c2)c([2H])c1[2H]. The zero-order valence-corrected chi connectivity index (χ0v) is 20.9. The molecule has 39 heavy (non-hydrogen) atoms. The van der Waals surface area contributed by atoms with Crippen molar-refractivity contribution in [2.75, 3.05) is 0 Å². The molecular formula is C38H24O. The molecule has 0 saturated carbocycles. The van der Waals surface area contributed by atoms with Crippen LogP contribution in [0.4, 0.5) is 0 Å². The molecule has 7 aromatic carbocycles. The first-order valence-electron chi connectivity index (χ1n) is 15.5. The molecule has 1 aromatic heterocycles. The van der Waals surface area contributed by atoms with Crippen LogP contribution in [0, 0.1) is 0 Å². The molecule has 0 saturated heterocycles. The molecular weight excluding hydrogens is 472 g/mol. The summed E-state index contributed by atoms with van der Waals surface area (Å²) in [7, 11) is 0. The van der Waals surface area contributed by atoms with Crippen molar-refractivity contribution in [3.8, 4) is 33.4 Å². The summed E-state index contributed by atoms with van der Waals surface area (Å²) in [5, 5.41) is 6.27. The Labute approximate surface area is 233 Å². The molecule has 1 nitrogen and oxygen atoms in total. The first-order chi connectivity index (χ1) is 21.4. The van der Waals surface area contributed by atoms with Gasteiger partial charge in [0.1, 0.15) is 11.2 Å². The summed E-state index contributed by atoms with van der Waals surface area (Å²) in [6.07, 6.45) is 0. The fraction of sp³-hybridized carbons (Fsp3) is 0. The van der Waals surface area contributed by atoms with Gasteiger partial charge in [0.25, 0.3) is 0 Å². The highest BCUT2D eigenvalue weighted by Crippen LogP contribution is 2.47. The van der Waals surface area contributed by atoms with Crippen LogP contribution in [0.5, 0.6) is 0 Å². The Balaban J connectivity index is 1.49. The Hall–Kier alpha value is -5.14. The molecule has 0 amide bonds. The molecule has 8 rings (SSSR count). The predicted molar refractivity (Wildman–Crippen MR) is 165 cm³/mol. The highest BCUT2D eigenvalue weighted by Gasteiger charge is 2.20. The van der Waals surface area contributed by atoms with Gasteiger partial charge in [-0.2, -0.15) is 0 Å². The van der Waals surface area contributed by atoms with Crippen molar-refractivity contribution in [1.29, 1.82) is 0 Å². The highest BCUT2D eigenvalue weighted by molar-refractivity contribution is 6.25. The van der Waals surface area contributed by atoms with Gasteiger partial charge in [-0.05, 0) is 73.1 Å². The van der Waals surface area contributed by atoms with Gasteiger partial charge in [-0.25, -0.2) is 0 Å². The molecule has 0 atom stereocenters. The van der Waals surface area contributed by atoms with Crippen LogP contribution in [0.3, 0.4) is 0 Å². The van der Waals surface area contributed by atoms with E-state index in [1.165, 1.54) is 5.56 Å². The lowest BCUT2D eigenvalue weighted by Crippen LogP contribution is -1.91. The van der Waals surface area contributed by atoms with Crippen LogP contribution in [0.2, 0.25) is 0 Å². The normalized spacial score (nSPS) is 13.4. The lowest BCUT2D eigenvalue weighted by atomic mass is 9.85. The van der Waals surface area contributed by atoms with Gasteiger partial charge in [0.2, 0.25) is 0 Å². The molecule has 1 heterocycles. The quantitative estimate of drug-likeness (QED) is 0.219. The molecule has 0 bridgehead atoms. The molecule has 0 aliphatic carbocycles. The maximum atomic E-state index is 8.56. The summed E-state index contributed by atoms with van der Waals surface area (Å²) >= 11 is 0. The minimum Gasteiger partial charge on any atom is -0.456 e. The third-order valence-electron chi connectivity index (χ3n) is 7.55. The number of hydrogen-bond donors (Lipinski definition) is 0. The molecule has 8 aromatic rings. The molecule has 182 valence electrons. The first kappa shape index (κ1) is 17.4. The van der Waals surface area contributed by atoms with Crippen molar-refractivity contribution in [3.05, 3.63) is 145 Å². The average Bonchev–Trinajstić information content (AvgIpc) is 3.44. The molecule has 0 fully saturated rings. The number of fused-ring (bicyclic) bond motifs is 5. The van der Waals surface area contributed by atoms with E-state index in [-0.39, 0.29) is 29.7 Å². The third-order valence-corrected chi connectivity index (χ3v) is 7.55. The first-order valence-corrected chi connectivity index (χ1v) is 13.0. The monoisotopic (exact) mass is 501 g/mol. The molecule has 0 aliphatic heterocycles. The molecule has 0 N–H and O–H groups in total. The minimum absolute atomic E-state index is 0.174. The van der Waals surface area contributed by atoms with Gasteiger partial charge in [-0.15, -0.1) is 0 Å². The Morgan fingerprint density at radius 2 is 1.08 bits per heavy atom. The van der Waals surface area contributed by atoms with E-state index < -0.39 is 6.04 Å². The van der Waals surface area contributed by atoms with Crippen LogP contribution >= 0.6 is 0 Å². The molecule has 0 spiro atoms. The summed E-state index contributed by atoms with van der Waals surface area (Å²) < 4.78 is 47.9. The van der Waals surface area contributed by atoms with Gasteiger partial charge in [0.15, 0.2) is 0 Å². The third kappa shape index (κ3) is 3.41. The summed E-state index contributed by atoms with van der Waals surface area (Å²) in [6, 6.07) is 37.4. The topological polar surface area (TPSA) is 13.1 Å². The minimum atomic E-state index is -0.404. The second-order valence-corrected chi connectivity index (χ2v) is 9.70. The van der Waals surface area contributed by atoms with Crippen LogP contribution in [0.15, 0.2) is 150 Å².